The zero-order valence-electron chi connectivity index (χ0n) is 14.7. The summed E-state index contributed by atoms with van der Waals surface area (Å²) in [5.41, 5.74) is 0.231. The summed E-state index contributed by atoms with van der Waals surface area (Å²) in [5, 5.41) is 0. The van der Waals surface area contributed by atoms with Crippen molar-refractivity contribution in [2.45, 2.75) is 45.3 Å². The van der Waals surface area contributed by atoms with E-state index in [1.165, 1.54) is 13.2 Å². The van der Waals surface area contributed by atoms with Crippen LogP contribution in [-0.4, -0.2) is 52.3 Å². The first-order valence-corrected chi connectivity index (χ1v) is 8.06. The molecule has 1 fully saturated rings. The second-order valence-electron chi connectivity index (χ2n) is 6.80. The molecule has 0 aliphatic carbocycles. The lowest BCUT2D eigenvalue weighted by atomic mass is 10.1. The van der Waals surface area contributed by atoms with Gasteiger partial charge in [0.2, 0.25) is 0 Å². The average Bonchev–Trinajstić information content (AvgIpc) is 3.00. The Bertz CT molecular complexity index is 608. The van der Waals surface area contributed by atoms with Crippen LogP contribution in [0.2, 0.25) is 0 Å². The summed E-state index contributed by atoms with van der Waals surface area (Å²) < 4.78 is 12.0. The van der Waals surface area contributed by atoms with Crippen LogP contribution in [0.1, 0.15) is 45.3 Å². The molecule has 7 heteroatoms. The Kier molecular flexibility index (Phi) is 5.64. The molecule has 0 saturated carbocycles. The Morgan fingerprint density at radius 2 is 1.96 bits per heavy atom. The maximum atomic E-state index is 12.1. The van der Waals surface area contributed by atoms with E-state index in [0.717, 1.165) is 12.8 Å². The Hall–Kier alpha value is -2.31. The molecular weight excluding hydrogens is 310 g/mol. The number of ether oxygens (including phenoxy) is 2. The van der Waals surface area contributed by atoms with Gasteiger partial charge in [0.05, 0.1) is 19.1 Å². The van der Waals surface area contributed by atoms with Crippen molar-refractivity contribution < 1.29 is 19.1 Å². The number of aromatic nitrogens is 2. The van der Waals surface area contributed by atoms with Crippen molar-refractivity contribution in [3.05, 3.63) is 24.3 Å². The molecule has 0 bridgehead atoms. The number of hydrogen-bond donors (Lipinski definition) is 0. The van der Waals surface area contributed by atoms with E-state index in [4.69, 9.17) is 4.74 Å². The zero-order valence-corrected chi connectivity index (χ0v) is 14.7. The molecule has 24 heavy (non-hydrogen) atoms. The first kappa shape index (κ1) is 18.0. The molecule has 1 saturated heterocycles. The largest absolute Gasteiger partial charge is 0.466 e. The molecular formula is C17H25N3O4. The molecule has 2 heterocycles. The second-order valence-corrected chi connectivity index (χ2v) is 6.80. The fourth-order valence-electron chi connectivity index (χ4n) is 2.53. The van der Waals surface area contributed by atoms with Gasteiger partial charge in [-0.25, -0.2) is 14.6 Å². The molecule has 1 amide bonds. The van der Waals surface area contributed by atoms with Crippen LogP contribution in [0, 0.1) is 0 Å². The topological polar surface area (TPSA) is 73.7 Å². The van der Waals surface area contributed by atoms with Crippen molar-refractivity contribution in [2.24, 2.45) is 0 Å². The van der Waals surface area contributed by atoms with Gasteiger partial charge >= 0.3 is 12.1 Å². The molecule has 7 nitrogen and oxygen atoms in total. The maximum Gasteiger partial charge on any atom is 0.410 e. The van der Waals surface area contributed by atoms with Crippen molar-refractivity contribution >= 4 is 18.1 Å². The number of imidazole rings is 1. The van der Waals surface area contributed by atoms with E-state index in [2.05, 4.69) is 9.72 Å². The van der Waals surface area contributed by atoms with Crippen LogP contribution >= 0.6 is 0 Å². The lowest BCUT2D eigenvalue weighted by Crippen LogP contribution is -2.42. The fraction of sp³-hybridized carbons (Fsp3) is 0.588. The molecule has 1 aromatic heterocycles. The number of hydrogen-bond acceptors (Lipinski definition) is 5. The van der Waals surface area contributed by atoms with Gasteiger partial charge in [0, 0.05) is 31.4 Å². The molecule has 0 atom stereocenters. The predicted octanol–water partition coefficient (Wildman–Crippen LogP) is 2.64. The van der Waals surface area contributed by atoms with E-state index < -0.39 is 11.6 Å². The number of rotatable bonds is 3. The van der Waals surface area contributed by atoms with E-state index in [1.807, 2.05) is 31.5 Å². The maximum absolute atomic E-state index is 12.1. The third-order valence-corrected chi connectivity index (χ3v) is 3.75. The number of nitrogens with zero attached hydrogens (tertiary/aromatic N) is 3. The first-order valence-electron chi connectivity index (χ1n) is 8.06. The monoisotopic (exact) mass is 335 g/mol. The second kappa shape index (κ2) is 7.51. The number of amides is 1. The Labute approximate surface area is 142 Å². The van der Waals surface area contributed by atoms with Gasteiger partial charge in [0.25, 0.3) is 0 Å². The van der Waals surface area contributed by atoms with Crippen LogP contribution in [0.3, 0.4) is 0 Å². The van der Waals surface area contributed by atoms with Gasteiger partial charge in [0.1, 0.15) is 5.60 Å². The highest BCUT2D eigenvalue weighted by atomic mass is 16.6. The van der Waals surface area contributed by atoms with Gasteiger partial charge in [-0.1, -0.05) is 0 Å². The minimum atomic E-state index is -0.473. The van der Waals surface area contributed by atoms with Crippen molar-refractivity contribution in [1.29, 1.82) is 0 Å². The summed E-state index contributed by atoms with van der Waals surface area (Å²) in [4.78, 5) is 29.2. The highest BCUT2D eigenvalue weighted by Gasteiger charge is 2.27. The number of carbonyl (C=O) groups excluding carboxylic acids is 2. The van der Waals surface area contributed by atoms with Crippen LogP contribution in [0.5, 0.6) is 0 Å². The van der Waals surface area contributed by atoms with Gasteiger partial charge in [-0.2, -0.15) is 0 Å². The molecule has 1 aromatic rings. The van der Waals surface area contributed by atoms with Crippen LogP contribution in [0.25, 0.3) is 6.08 Å². The average molecular weight is 335 g/mol. The van der Waals surface area contributed by atoms with Crippen LogP contribution in [0.4, 0.5) is 4.79 Å². The van der Waals surface area contributed by atoms with Crippen LogP contribution in [0.15, 0.2) is 18.6 Å². The molecule has 0 unspecified atom stereocenters. The van der Waals surface area contributed by atoms with E-state index >= 15 is 0 Å². The highest BCUT2D eigenvalue weighted by molar-refractivity contribution is 5.86. The van der Waals surface area contributed by atoms with Gasteiger partial charge in [-0.15, -0.1) is 0 Å². The molecule has 132 valence electrons. The first-order chi connectivity index (χ1) is 11.3. The van der Waals surface area contributed by atoms with E-state index in [9.17, 15) is 9.59 Å². The predicted molar refractivity (Wildman–Crippen MR) is 89.4 cm³/mol. The SMILES string of the molecule is COC(=O)/C=C/c1cn(C2CCN(C(=O)OC(C)(C)C)CC2)cn1. The molecule has 0 aromatic carbocycles. The van der Waals surface area contributed by atoms with Crippen LogP contribution in [-0.2, 0) is 14.3 Å². The van der Waals surface area contributed by atoms with Crippen molar-refractivity contribution in [3.8, 4) is 0 Å². The van der Waals surface area contributed by atoms with E-state index in [1.54, 1.807) is 17.3 Å². The molecule has 0 radical (unpaired) electrons. The molecule has 0 N–H and O–H groups in total. The number of carbonyl (C=O) groups is 2. The standard InChI is InChI=1S/C17H25N3O4/c1-17(2,3)24-16(22)19-9-7-14(8-10-19)20-11-13(18-12-20)5-6-15(21)23-4/h5-6,11-12,14H,7-10H2,1-4H3/b6-5+. The minimum absolute atomic E-state index is 0.256. The summed E-state index contributed by atoms with van der Waals surface area (Å²) in [5.74, 6) is -0.407. The van der Waals surface area contributed by atoms with Crippen molar-refractivity contribution in [3.63, 3.8) is 0 Å². The van der Waals surface area contributed by atoms with E-state index in [-0.39, 0.29) is 12.1 Å². The lowest BCUT2D eigenvalue weighted by molar-refractivity contribution is -0.134. The minimum Gasteiger partial charge on any atom is -0.466 e. The highest BCUT2D eigenvalue weighted by Crippen LogP contribution is 2.24. The van der Waals surface area contributed by atoms with Gasteiger partial charge < -0.3 is 18.9 Å². The van der Waals surface area contributed by atoms with Gasteiger partial charge in [-0.05, 0) is 39.7 Å². The Morgan fingerprint density at radius 3 is 2.54 bits per heavy atom. The van der Waals surface area contributed by atoms with Gasteiger partial charge in [0.15, 0.2) is 0 Å². The number of esters is 1. The third kappa shape index (κ3) is 5.11. The molecule has 0 spiro atoms. The third-order valence-electron chi connectivity index (χ3n) is 3.75. The normalized spacial score (nSPS) is 16.4. The fourth-order valence-corrected chi connectivity index (χ4v) is 2.53. The molecule has 1 aliphatic rings. The van der Waals surface area contributed by atoms with Crippen LogP contribution < -0.4 is 0 Å². The van der Waals surface area contributed by atoms with Crippen molar-refractivity contribution in [2.75, 3.05) is 20.2 Å². The summed E-state index contributed by atoms with van der Waals surface area (Å²) in [7, 11) is 1.34. The number of piperidine rings is 1. The summed E-state index contributed by atoms with van der Waals surface area (Å²) >= 11 is 0. The summed E-state index contributed by atoms with van der Waals surface area (Å²) in [6.45, 7) is 6.92. The van der Waals surface area contributed by atoms with Gasteiger partial charge in [-0.3, -0.25) is 0 Å². The lowest BCUT2D eigenvalue weighted by Gasteiger charge is -2.33. The van der Waals surface area contributed by atoms with Crippen molar-refractivity contribution in [1.82, 2.24) is 14.5 Å². The number of methoxy groups -OCH3 is 1. The Balaban J connectivity index is 1.89. The number of likely N-dealkylation sites (tertiary alicyclic amines) is 1. The zero-order chi connectivity index (χ0) is 17.7. The quantitative estimate of drug-likeness (QED) is 0.627. The van der Waals surface area contributed by atoms with E-state index in [0.29, 0.717) is 18.8 Å². The molecule has 1 aliphatic heterocycles. The smallest absolute Gasteiger partial charge is 0.410 e. The Morgan fingerprint density at radius 1 is 1.29 bits per heavy atom. The molecule has 2 rings (SSSR count). The summed E-state index contributed by atoms with van der Waals surface area (Å²) in [6, 6.07) is 0.288. The summed E-state index contributed by atoms with van der Waals surface area (Å²) in [6.07, 6.45) is 8.05.